The molecule has 0 unspecified atom stereocenters. The van der Waals surface area contributed by atoms with E-state index >= 15 is 0 Å². The first-order valence-electron chi connectivity index (χ1n) is 14.4. The van der Waals surface area contributed by atoms with Gasteiger partial charge >= 0.3 is 0 Å². The quantitative estimate of drug-likeness (QED) is 0.231. The van der Waals surface area contributed by atoms with Crippen LogP contribution in [0.2, 0.25) is 15.1 Å². The van der Waals surface area contributed by atoms with Crippen LogP contribution >= 0.6 is 34.8 Å². The molecule has 0 saturated heterocycles. The van der Waals surface area contributed by atoms with Gasteiger partial charge in [0, 0.05) is 17.6 Å². The van der Waals surface area contributed by atoms with Crippen LogP contribution in [0.15, 0.2) is 71.6 Å². The van der Waals surface area contributed by atoms with Crippen molar-refractivity contribution in [1.29, 1.82) is 0 Å². The van der Waals surface area contributed by atoms with Crippen LogP contribution < -0.4 is 9.62 Å². The second-order valence-corrected chi connectivity index (χ2v) is 14.0. The summed E-state index contributed by atoms with van der Waals surface area (Å²) in [5.74, 6) is -0.792. The van der Waals surface area contributed by atoms with Crippen LogP contribution in [0.25, 0.3) is 0 Å². The van der Waals surface area contributed by atoms with Gasteiger partial charge in [0.1, 0.15) is 12.6 Å². The van der Waals surface area contributed by atoms with Crippen LogP contribution in [0.4, 0.5) is 5.69 Å². The highest BCUT2D eigenvalue weighted by atomic mass is 35.5. The predicted molar refractivity (Wildman–Crippen MR) is 173 cm³/mol. The fourth-order valence-electron chi connectivity index (χ4n) is 5.27. The molecule has 1 atom stereocenters. The maximum absolute atomic E-state index is 14.2. The van der Waals surface area contributed by atoms with Crippen LogP contribution in [-0.4, -0.2) is 43.8 Å². The van der Waals surface area contributed by atoms with Crippen molar-refractivity contribution < 1.29 is 18.0 Å². The van der Waals surface area contributed by atoms with E-state index in [2.05, 4.69) is 5.32 Å². The number of halogens is 3. The molecule has 11 heteroatoms. The smallest absolute Gasteiger partial charge is 0.264 e. The summed E-state index contributed by atoms with van der Waals surface area (Å²) in [5, 5.41) is 4.21. The minimum Gasteiger partial charge on any atom is -0.352 e. The van der Waals surface area contributed by atoms with Gasteiger partial charge in [-0.15, -0.1) is 0 Å². The number of carbonyl (C=O) groups excluding carboxylic acids is 2. The fourth-order valence-corrected chi connectivity index (χ4v) is 7.13. The zero-order valence-corrected chi connectivity index (χ0v) is 27.3. The number of rotatable bonds is 11. The van der Waals surface area contributed by atoms with Gasteiger partial charge in [-0.25, -0.2) is 8.42 Å². The molecule has 1 saturated carbocycles. The summed E-state index contributed by atoms with van der Waals surface area (Å²) >= 11 is 18.4. The number of hydrogen-bond acceptors (Lipinski definition) is 4. The molecule has 43 heavy (non-hydrogen) atoms. The van der Waals surface area contributed by atoms with Crippen molar-refractivity contribution in [1.82, 2.24) is 10.2 Å². The Bertz CT molecular complexity index is 1530. The van der Waals surface area contributed by atoms with Crippen molar-refractivity contribution >= 4 is 62.3 Å². The molecule has 4 rings (SSSR count). The summed E-state index contributed by atoms with van der Waals surface area (Å²) in [5.41, 5.74) is 1.92. The summed E-state index contributed by atoms with van der Waals surface area (Å²) in [4.78, 5) is 29.3. The molecule has 0 heterocycles. The second kappa shape index (κ2) is 14.8. The number of anilines is 1. The summed E-state index contributed by atoms with van der Waals surface area (Å²) in [7, 11) is -4.18. The molecule has 0 aliphatic heterocycles. The first-order valence-corrected chi connectivity index (χ1v) is 17.0. The van der Waals surface area contributed by atoms with E-state index in [0.717, 1.165) is 42.0 Å². The molecule has 0 bridgehead atoms. The summed E-state index contributed by atoms with van der Waals surface area (Å²) in [6, 6.07) is 16.9. The Labute approximate surface area is 269 Å². The van der Waals surface area contributed by atoms with Crippen molar-refractivity contribution in [2.24, 2.45) is 0 Å². The zero-order valence-electron chi connectivity index (χ0n) is 24.2. The number of aryl methyl sites for hydroxylation is 1. The van der Waals surface area contributed by atoms with Crippen LogP contribution in [0.5, 0.6) is 0 Å². The van der Waals surface area contributed by atoms with E-state index in [1.54, 1.807) is 42.5 Å². The lowest BCUT2D eigenvalue weighted by Gasteiger charge is -2.34. The van der Waals surface area contributed by atoms with Crippen molar-refractivity contribution in [3.63, 3.8) is 0 Å². The number of amides is 2. The summed E-state index contributed by atoms with van der Waals surface area (Å²) in [6.07, 6.45) is 5.35. The van der Waals surface area contributed by atoms with Crippen LogP contribution in [0.1, 0.15) is 56.6 Å². The average Bonchev–Trinajstić information content (AvgIpc) is 2.98. The van der Waals surface area contributed by atoms with Gasteiger partial charge in [-0.05, 0) is 80.3 Å². The average molecular weight is 665 g/mol. The third-order valence-corrected chi connectivity index (χ3v) is 10.5. The maximum Gasteiger partial charge on any atom is 0.264 e. The van der Waals surface area contributed by atoms with Gasteiger partial charge in [0.25, 0.3) is 10.0 Å². The predicted octanol–water partition coefficient (Wildman–Crippen LogP) is 7.41. The molecular formula is C32H36Cl3N3O4S. The first kappa shape index (κ1) is 33.1. The van der Waals surface area contributed by atoms with E-state index in [9.17, 15) is 18.0 Å². The minimum atomic E-state index is -4.18. The van der Waals surface area contributed by atoms with Gasteiger partial charge in [-0.1, -0.05) is 84.8 Å². The second-order valence-electron chi connectivity index (χ2n) is 10.8. The number of nitrogens with zero attached hydrogens (tertiary/aromatic N) is 2. The molecule has 7 nitrogen and oxygen atoms in total. The molecule has 3 aromatic carbocycles. The molecular weight excluding hydrogens is 629 g/mol. The maximum atomic E-state index is 14.2. The summed E-state index contributed by atoms with van der Waals surface area (Å²) in [6.45, 7) is 3.24. The van der Waals surface area contributed by atoms with Crippen molar-refractivity contribution in [3.05, 3.63) is 92.9 Å². The Hall–Kier alpha value is -2.78. The molecule has 0 radical (unpaired) electrons. The molecule has 2 amide bonds. The molecule has 1 N–H and O–H groups in total. The number of hydrogen-bond donors (Lipinski definition) is 1. The van der Waals surface area contributed by atoms with Crippen molar-refractivity contribution in [3.8, 4) is 0 Å². The van der Waals surface area contributed by atoms with E-state index in [-0.39, 0.29) is 23.4 Å². The topological polar surface area (TPSA) is 86.8 Å². The molecule has 230 valence electrons. The van der Waals surface area contributed by atoms with Crippen LogP contribution in [0.3, 0.4) is 0 Å². The monoisotopic (exact) mass is 663 g/mol. The highest BCUT2D eigenvalue weighted by molar-refractivity contribution is 7.92. The summed E-state index contributed by atoms with van der Waals surface area (Å²) < 4.78 is 29.0. The lowest BCUT2D eigenvalue weighted by molar-refractivity contribution is -0.140. The Morgan fingerprint density at radius 2 is 1.56 bits per heavy atom. The van der Waals surface area contributed by atoms with E-state index < -0.39 is 28.5 Å². The van der Waals surface area contributed by atoms with Crippen LogP contribution in [0, 0.1) is 6.92 Å². The van der Waals surface area contributed by atoms with Crippen molar-refractivity contribution in [2.75, 3.05) is 10.8 Å². The molecule has 0 spiro atoms. The highest BCUT2D eigenvalue weighted by Crippen LogP contribution is 2.28. The SMILES string of the molecule is CC[C@H](C(=O)NC1CCCCC1)N(Cc1ccc(Cl)c(Cl)c1)C(=O)CN(c1ccc(C)cc1)S(=O)(=O)c1ccc(Cl)cc1. The van der Waals surface area contributed by atoms with Gasteiger partial charge in [0.15, 0.2) is 0 Å². The number of benzene rings is 3. The van der Waals surface area contributed by atoms with Crippen LogP contribution in [-0.2, 0) is 26.2 Å². The zero-order chi connectivity index (χ0) is 31.1. The van der Waals surface area contributed by atoms with Crippen molar-refractivity contribution in [2.45, 2.75) is 75.9 Å². The number of sulfonamides is 1. The van der Waals surface area contributed by atoms with E-state index in [1.165, 1.54) is 29.2 Å². The van der Waals surface area contributed by atoms with E-state index in [1.807, 2.05) is 13.8 Å². The van der Waals surface area contributed by atoms with Gasteiger partial charge in [0.2, 0.25) is 11.8 Å². The largest absolute Gasteiger partial charge is 0.352 e. The minimum absolute atomic E-state index is 0.0107. The first-order chi connectivity index (χ1) is 20.5. The molecule has 1 aliphatic carbocycles. The standard InChI is InChI=1S/C32H36Cl3N3O4S/c1-3-30(32(40)36-25-7-5-4-6-8-25)37(20-23-11-18-28(34)29(35)19-23)31(39)21-38(26-14-9-22(2)10-15-26)43(41,42)27-16-12-24(33)13-17-27/h9-19,25,30H,3-8,20-21H2,1-2H3,(H,36,40)/t30-/m1/s1. The molecule has 1 fully saturated rings. The number of carbonyl (C=O) groups is 2. The lowest BCUT2D eigenvalue weighted by Crippen LogP contribution is -2.54. The Morgan fingerprint density at radius 3 is 2.16 bits per heavy atom. The normalized spacial score (nSPS) is 14.6. The Morgan fingerprint density at radius 1 is 0.907 bits per heavy atom. The Kier molecular flexibility index (Phi) is 11.4. The van der Waals surface area contributed by atoms with Gasteiger partial charge < -0.3 is 10.2 Å². The lowest BCUT2D eigenvalue weighted by atomic mass is 9.95. The van der Waals surface area contributed by atoms with E-state index in [4.69, 9.17) is 34.8 Å². The molecule has 3 aromatic rings. The molecule has 0 aromatic heterocycles. The highest BCUT2D eigenvalue weighted by Gasteiger charge is 2.34. The third kappa shape index (κ3) is 8.44. The van der Waals surface area contributed by atoms with E-state index in [0.29, 0.717) is 32.7 Å². The third-order valence-electron chi connectivity index (χ3n) is 7.68. The number of nitrogens with one attached hydrogen (secondary N) is 1. The van der Waals surface area contributed by atoms with Gasteiger partial charge in [-0.3, -0.25) is 13.9 Å². The molecule has 1 aliphatic rings. The Balaban J connectivity index is 1.71. The van der Waals surface area contributed by atoms with Gasteiger partial charge in [0.05, 0.1) is 20.6 Å². The van der Waals surface area contributed by atoms with Gasteiger partial charge in [-0.2, -0.15) is 0 Å². The fraction of sp³-hybridized carbons (Fsp3) is 0.375.